The molecule has 0 aromatic heterocycles. The van der Waals surface area contributed by atoms with E-state index in [0.717, 1.165) is 0 Å². The van der Waals surface area contributed by atoms with Gasteiger partial charge in [-0.3, -0.25) is 19.2 Å². The van der Waals surface area contributed by atoms with E-state index >= 15 is 0 Å². The predicted octanol–water partition coefficient (Wildman–Crippen LogP) is 2.75. The molecule has 4 rings (SSSR count). The summed E-state index contributed by atoms with van der Waals surface area (Å²) in [6.07, 6.45) is -1.72. The van der Waals surface area contributed by atoms with Crippen molar-refractivity contribution in [3.05, 3.63) is 12.2 Å². The molecule has 188 valence electrons. The standard InChI is InChI=1S/C26H36O8/c1-12-16-8-17(32-13(2)27)22-25(7)18(24(5,6)19(30)10-21(25)33-14(3)28)9-20(31)26(22,11-16)23(12)34-15(4)29/h16-19,21-23,30H,1,8-11H2,2-7H3. The maximum atomic E-state index is 14.1. The Labute approximate surface area is 200 Å². The first-order valence-electron chi connectivity index (χ1n) is 12.1. The molecule has 2 bridgehead atoms. The van der Waals surface area contributed by atoms with Gasteiger partial charge in [0, 0.05) is 44.9 Å². The van der Waals surface area contributed by atoms with Gasteiger partial charge in [-0.2, -0.15) is 0 Å². The van der Waals surface area contributed by atoms with Gasteiger partial charge in [-0.1, -0.05) is 27.4 Å². The van der Waals surface area contributed by atoms with E-state index < -0.39 is 64.5 Å². The summed E-state index contributed by atoms with van der Waals surface area (Å²) in [5.41, 5.74) is -1.94. The van der Waals surface area contributed by atoms with Gasteiger partial charge in [0.25, 0.3) is 0 Å². The first kappa shape index (κ1) is 24.9. The molecule has 4 aliphatic rings. The highest BCUT2D eigenvalue weighted by Gasteiger charge is 2.77. The highest BCUT2D eigenvalue weighted by Crippen LogP contribution is 2.72. The van der Waals surface area contributed by atoms with Gasteiger partial charge >= 0.3 is 17.9 Å². The lowest BCUT2D eigenvalue weighted by Crippen LogP contribution is -2.71. The Morgan fingerprint density at radius 1 is 0.971 bits per heavy atom. The summed E-state index contributed by atoms with van der Waals surface area (Å²) in [7, 11) is 0. The average Bonchev–Trinajstić information content (AvgIpc) is 2.90. The molecule has 1 spiro atoms. The lowest BCUT2D eigenvalue weighted by atomic mass is 9.38. The predicted molar refractivity (Wildman–Crippen MR) is 120 cm³/mol. The number of carbonyl (C=O) groups is 4. The van der Waals surface area contributed by atoms with Crippen molar-refractivity contribution in [3.63, 3.8) is 0 Å². The largest absolute Gasteiger partial charge is 0.462 e. The zero-order valence-electron chi connectivity index (χ0n) is 20.9. The van der Waals surface area contributed by atoms with Crippen molar-refractivity contribution in [1.82, 2.24) is 0 Å². The number of aliphatic hydroxyl groups excluding tert-OH is 1. The summed E-state index contributed by atoms with van der Waals surface area (Å²) in [6, 6.07) is 0. The molecule has 0 radical (unpaired) electrons. The molecule has 0 amide bonds. The van der Waals surface area contributed by atoms with E-state index in [1.807, 2.05) is 20.8 Å². The van der Waals surface area contributed by atoms with Crippen molar-refractivity contribution >= 4 is 23.7 Å². The van der Waals surface area contributed by atoms with Crippen LogP contribution in [-0.4, -0.2) is 53.2 Å². The van der Waals surface area contributed by atoms with Crippen LogP contribution in [-0.2, 0) is 33.4 Å². The van der Waals surface area contributed by atoms with Crippen LogP contribution in [0.25, 0.3) is 0 Å². The lowest BCUT2D eigenvalue weighted by Gasteiger charge is -2.66. The maximum Gasteiger partial charge on any atom is 0.303 e. The van der Waals surface area contributed by atoms with Crippen LogP contribution < -0.4 is 0 Å². The van der Waals surface area contributed by atoms with Gasteiger partial charge in [0.2, 0.25) is 0 Å². The number of hydrogen-bond donors (Lipinski definition) is 1. The SMILES string of the molecule is C=C1C2CC(OC(C)=O)C3C(C2)(C(=O)CC2C(C)(C)C(O)CC(OC(C)=O)C23C)C1OC(C)=O. The van der Waals surface area contributed by atoms with E-state index in [-0.39, 0.29) is 30.5 Å². The second-order valence-corrected chi connectivity index (χ2v) is 11.6. The van der Waals surface area contributed by atoms with Crippen LogP contribution in [0, 0.1) is 34.0 Å². The Kier molecular flexibility index (Phi) is 5.78. The Morgan fingerprint density at radius 3 is 2.12 bits per heavy atom. The molecule has 8 heteroatoms. The van der Waals surface area contributed by atoms with E-state index in [4.69, 9.17) is 14.2 Å². The third-order valence-electron chi connectivity index (χ3n) is 9.48. The Bertz CT molecular complexity index is 952. The number of ether oxygens (including phenoxy) is 3. The van der Waals surface area contributed by atoms with Gasteiger partial charge in [0.1, 0.15) is 24.1 Å². The summed E-state index contributed by atoms with van der Waals surface area (Å²) < 4.78 is 17.5. The molecule has 8 nitrogen and oxygen atoms in total. The molecule has 0 saturated heterocycles. The minimum Gasteiger partial charge on any atom is -0.462 e. The number of aliphatic hydroxyl groups is 1. The highest BCUT2D eigenvalue weighted by molar-refractivity contribution is 5.90. The van der Waals surface area contributed by atoms with Gasteiger partial charge < -0.3 is 19.3 Å². The monoisotopic (exact) mass is 476 g/mol. The molecule has 4 saturated carbocycles. The van der Waals surface area contributed by atoms with Gasteiger partial charge in [-0.15, -0.1) is 0 Å². The number of rotatable bonds is 3. The molecule has 4 fully saturated rings. The summed E-state index contributed by atoms with van der Waals surface area (Å²) >= 11 is 0. The quantitative estimate of drug-likeness (QED) is 0.376. The first-order chi connectivity index (χ1) is 15.7. The molecule has 34 heavy (non-hydrogen) atoms. The molecule has 4 aliphatic carbocycles. The maximum absolute atomic E-state index is 14.1. The third-order valence-corrected chi connectivity index (χ3v) is 9.48. The molecular formula is C26H36O8. The number of ketones is 1. The van der Waals surface area contributed by atoms with Gasteiger partial charge in [-0.05, 0) is 35.7 Å². The molecule has 0 aliphatic heterocycles. The van der Waals surface area contributed by atoms with E-state index in [9.17, 15) is 24.3 Å². The van der Waals surface area contributed by atoms with Crippen molar-refractivity contribution in [2.45, 2.75) is 91.6 Å². The van der Waals surface area contributed by atoms with Crippen LogP contribution in [0.5, 0.6) is 0 Å². The first-order valence-corrected chi connectivity index (χ1v) is 12.1. The smallest absolute Gasteiger partial charge is 0.303 e. The number of carbonyl (C=O) groups excluding carboxylic acids is 4. The van der Waals surface area contributed by atoms with E-state index in [0.29, 0.717) is 18.4 Å². The third kappa shape index (κ3) is 3.28. The highest BCUT2D eigenvalue weighted by atomic mass is 16.6. The summed E-state index contributed by atoms with van der Waals surface area (Å²) in [5, 5.41) is 11.0. The number of fused-ring (bicyclic) bond motifs is 3. The van der Waals surface area contributed by atoms with Crippen LogP contribution >= 0.6 is 0 Å². The number of esters is 3. The van der Waals surface area contributed by atoms with Crippen LogP contribution in [0.15, 0.2) is 12.2 Å². The Hall–Kier alpha value is -2.22. The van der Waals surface area contributed by atoms with Crippen LogP contribution in [0.2, 0.25) is 0 Å². The second-order valence-electron chi connectivity index (χ2n) is 11.6. The molecular weight excluding hydrogens is 440 g/mol. The zero-order chi connectivity index (χ0) is 25.4. The topological polar surface area (TPSA) is 116 Å². The summed E-state index contributed by atoms with van der Waals surface area (Å²) in [4.78, 5) is 50.6. The van der Waals surface area contributed by atoms with Crippen molar-refractivity contribution in [3.8, 4) is 0 Å². The average molecular weight is 477 g/mol. The number of Topliss-reactive ketones (excluding diaryl/α,β-unsaturated/α-hetero) is 1. The van der Waals surface area contributed by atoms with Crippen LogP contribution in [0.4, 0.5) is 0 Å². The molecule has 9 atom stereocenters. The summed E-state index contributed by atoms with van der Waals surface area (Å²) in [6.45, 7) is 14.0. The van der Waals surface area contributed by atoms with Crippen molar-refractivity contribution in [2.24, 2.45) is 34.0 Å². The molecule has 0 heterocycles. The second kappa shape index (κ2) is 7.90. The fraction of sp³-hybridized carbons (Fsp3) is 0.769. The zero-order valence-corrected chi connectivity index (χ0v) is 20.9. The van der Waals surface area contributed by atoms with Crippen molar-refractivity contribution < 1.29 is 38.5 Å². The fourth-order valence-corrected chi connectivity index (χ4v) is 8.20. The van der Waals surface area contributed by atoms with E-state index in [1.165, 1.54) is 20.8 Å². The van der Waals surface area contributed by atoms with Gasteiger partial charge in [0.15, 0.2) is 0 Å². The normalized spacial score (nSPS) is 44.5. The molecule has 0 aromatic rings. The minimum absolute atomic E-state index is 0.0736. The fourth-order valence-electron chi connectivity index (χ4n) is 8.20. The van der Waals surface area contributed by atoms with Gasteiger partial charge in [0.05, 0.1) is 11.5 Å². The van der Waals surface area contributed by atoms with Gasteiger partial charge in [-0.25, -0.2) is 0 Å². The lowest BCUT2D eigenvalue weighted by molar-refractivity contribution is -0.258. The molecule has 9 unspecified atom stereocenters. The Balaban J connectivity index is 1.97. The molecule has 0 aromatic carbocycles. The minimum atomic E-state index is -1.13. The van der Waals surface area contributed by atoms with E-state index in [2.05, 4.69) is 6.58 Å². The Morgan fingerprint density at radius 2 is 1.56 bits per heavy atom. The van der Waals surface area contributed by atoms with E-state index in [1.54, 1.807) is 0 Å². The van der Waals surface area contributed by atoms with Crippen LogP contribution in [0.1, 0.15) is 67.2 Å². The van der Waals surface area contributed by atoms with Crippen molar-refractivity contribution in [2.75, 3.05) is 0 Å². The summed E-state index contributed by atoms with van der Waals surface area (Å²) in [5.74, 6) is -2.59. The van der Waals surface area contributed by atoms with Crippen LogP contribution in [0.3, 0.4) is 0 Å². The van der Waals surface area contributed by atoms with Crippen molar-refractivity contribution in [1.29, 1.82) is 0 Å². The molecule has 1 N–H and O–H groups in total. The number of hydrogen-bond acceptors (Lipinski definition) is 8.